The highest BCUT2D eigenvalue weighted by atomic mass is 16.2. The highest BCUT2D eigenvalue weighted by Crippen LogP contribution is 2.18. The monoisotopic (exact) mass is 464 g/mol. The molecule has 5 N–H and O–H groups in total. The van der Waals surface area contributed by atoms with E-state index in [0.717, 1.165) is 16.7 Å². The molecule has 10 heteroatoms. The van der Waals surface area contributed by atoms with Gasteiger partial charge < -0.3 is 16.0 Å². The van der Waals surface area contributed by atoms with Crippen molar-refractivity contribution in [1.29, 1.82) is 0 Å². The molecular weight excluding hydrogens is 436 g/mol. The molecule has 178 valence electrons. The topological polar surface area (TPSA) is 142 Å². The summed E-state index contributed by atoms with van der Waals surface area (Å²) in [6.07, 6.45) is 0. The molecule has 0 radical (unpaired) electrons. The number of aromatic nitrogens is 2. The number of imide groups is 1. The van der Waals surface area contributed by atoms with Crippen molar-refractivity contribution in [2.75, 3.05) is 29.0 Å². The van der Waals surface area contributed by atoms with E-state index in [1.807, 2.05) is 50.2 Å². The smallest absolute Gasteiger partial charge is 0.330 e. The molecule has 0 saturated carbocycles. The second kappa shape index (κ2) is 10.5. The molecule has 0 bridgehead atoms. The Morgan fingerprint density at radius 1 is 1.06 bits per heavy atom. The largest absolute Gasteiger partial charge is 0.383 e. The molecule has 0 unspecified atom stereocenters. The number of hydrogen-bond acceptors (Lipinski definition) is 6. The van der Waals surface area contributed by atoms with Crippen LogP contribution in [-0.4, -0.2) is 34.6 Å². The number of nitrogens with two attached hydrogens (primary N) is 1. The van der Waals surface area contributed by atoms with Gasteiger partial charge in [0.15, 0.2) is 0 Å². The van der Waals surface area contributed by atoms with Gasteiger partial charge in [0.05, 0.1) is 13.1 Å². The SMILES string of the molecule is CCN(CC(=O)NC(=O)Nc1cccc(C)c1C)c1c(N)n(Cc2ccccc2)c(=O)[nH]c1=O. The third-order valence-corrected chi connectivity index (χ3v) is 5.54. The van der Waals surface area contributed by atoms with Crippen molar-refractivity contribution in [3.05, 3.63) is 86.1 Å². The van der Waals surface area contributed by atoms with Crippen LogP contribution in [0.4, 0.5) is 22.0 Å². The summed E-state index contributed by atoms with van der Waals surface area (Å²) in [5, 5.41) is 4.91. The molecule has 0 atom stereocenters. The van der Waals surface area contributed by atoms with Crippen LogP contribution in [0.15, 0.2) is 58.1 Å². The molecule has 3 rings (SSSR count). The first-order valence-corrected chi connectivity index (χ1v) is 10.8. The van der Waals surface area contributed by atoms with Crippen molar-refractivity contribution in [2.24, 2.45) is 0 Å². The zero-order chi connectivity index (χ0) is 24.8. The van der Waals surface area contributed by atoms with E-state index >= 15 is 0 Å². The molecule has 0 aliphatic carbocycles. The van der Waals surface area contributed by atoms with Gasteiger partial charge >= 0.3 is 11.7 Å². The van der Waals surface area contributed by atoms with E-state index < -0.39 is 23.2 Å². The van der Waals surface area contributed by atoms with Crippen LogP contribution in [0.1, 0.15) is 23.6 Å². The van der Waals surface area contributed by atoms with E-state index in [1.165, 1.54) is 9.47 Å². The Morgan fingerprint density at radius 2 is 1.76 bits per heavy atom. The number of amides is 3. The molecule has 1 aromatic heterocycles. The average Bonchev–Trinajstić information content (AvgIpc) is 2.79. The van der Waals surface area contributed by atoms with Gasteiger partial charge in [0.2, 0.25) is 5.91 Å². The first kappa shape index (κ1) is 24.3. The molecule has 0 aliphatic rings. The predicted molar refractivity (Wildman–Crippen MR) is 132 cm³/mol. The average molecular weight is 465 g/mol. The Hall–Kier alpha value is -4.34. The number of benzene rings is 2. The third kappa shape index (κ3) is 5.52. The van der Waals surface area contributed by atoms with Crippen molar-refractivity contribution >= 4 is 29.1 Å². The maximum Gasteiger partial charge on any atom is 0.330 e. The van der Waals surface area contributed by atoms with Gasteiger partial charge in [0.1, 0.15) is 11.5 Å². The lowest BCUT2D eigenvalue weighted by molar-refractivity contribution is -0.118. The van der Waals surface area contributed by atoms with Crippen molar-refractivity contribution in [1.82, 2.24) is 14.9 Å². The zero-order valence-electron chi connectivity index (χ0n) is 19.3. The summed E-state index contributed by atoms with van der Waals surface area (Å²) in [6.45, 7) is 5.59. The molecular formula is C24H28N6O4. The van der Waals surface area contributed by atoms with E-state index in [9.17, 15) is 19.2 Å². The number of urea groups is 1. The van der Waals surface area contributed by atoms with Crippen LogP contribution >= 0.6 is 0 Å². The van der Waals surface area contributed by atoms with Crippen LogP contribution in [0.5, 0.6) is 0 Å². The van der Waals surface area contributed by atoms with E-state index in [1.54, 1.807) is 19.1 Å². The summed E-state index contributed by atoms with van der Waals surface area (Å²) in [7, 11) is 0. The molecule has 34 heavy (non-hydrogen) atoms. The maximum atomic E-state index is 12.6. The maximum absolute atomic E-state index is 12.6. The van der Waals surface area contributed by atoms with Gasteiger partial charge in [0.25, 0.3) is 5.56 Å². The number of nitrogens with one attached hydrogen (secondary N) is 3. The molecule has 1 heterocycles. The Balaban J connectivity index is 1.78. The van der Waals surface area contributed by atoms with Crippen LogP contribution in [-0.2, 0) is 11.3 Å². The summed E-state index contributed by atoms with van der Waals surface area (Å²) in [5.74, 6) is -0.698. The van der Waals surface area contributed by atoms with Crippen molar-refractivity contribution < 1.29 is 9.59 Å². The molecule has 2 aromatic carbocycles. The lowest BCUT2D eigenvalue weighted by atomic mass is 10.1. The van der Waals surface area contributed by atoms with Crippen LogP contribution in [0, 0.1) is 13.8 Å². The second-order valence-corrected chi connectivity index (χ2v) is 7.83. The lowest BCUT2D eigenvalue weighted by Gasteiger charge is -2.24. The van der Waals surface area contributed by atoms with Gasteiger partial charge in [0, 0.05) is 12.2 Å². The van der Waals surface area contributed by atoms with Crippen LogP contribution in [0.3, 0.4) is 0 Å². The number of nitrogens with zero attached hydrogens (tertiary/aromatic N) is 2. The molecule has 10 nitrogen and oxygen atoms in total. The fourth-order valence-corrected chi connectivity index (χ4v) is 3.53. The van der Waals surface area contributed by atoms with Crippen LogP contribution in [0.25, 0.3) is 0 Å². The fraction of sp³-hybridized carbons (Fsp3) is 0.250. The predicted octanol–water partition coefficient (Wildman–Crippen LogP) is 1.96. The summed E-state index contributed by atoms with van der Waals surface area (Å²) >= 11 is 0. The molecule has 0 aliphatic heterocycles. The fourth-order valence-electron chi connectivity index (χ4n) is 3.53. The van der Waals surface area contributed by atoms with E-state index in [2.05, 4.69) is 15.6 Å². The molecule has 3 aromatic rings. The highest BCUT2D eigenvalue weighted by molar-refractivity contribution is 6.02. The Morgan fingerprint density at radius 3 is 2.44 bits per heavy atom. The zero-order valence-corrected chi connectivity index (χ0v) is 19.3. The Bertz CT molecular complexity index is 1310. The minimum Gasteiger partial charge on any atom is -0.383 e. The first-order chi connectivity index (χ1) is 16.2. The molecule has 0 fully saturated rings. The first-order valence-electron chi connectivity index (χ1n) is 10.8. The number of aromatic amines is 1. The van der Waals surface area contributed by atoms with Crippen molar-refractivity contribution in [3.63, 3.8) is 0 Å². The summed E-state index contributed by atoms with van der Waals surface area (Å²) in [5.41, 5.74) is 8.14. The highest BCUT2D eigenvalue weighted by Gasteiger charge is 2.21. The summed E-state index contributed by atoms with van der Waals surface area (Å²) in [4.78, 5) is 53.5. The Labute approximate surface area is 196 Å². The third-order valence-electron chi connectivity index (χ3n) is 5.54. The number of aryl methyl sites for hydroxylation is 1. The minimum absolute atomic E-state index is 0.0110. The van der Waals surface area contributed by atoms with Crippen LogP contribution < -0.4 is 32.5 Å². The number of carbonyl (C=O) groups is 2. The van der Waals surface area contributed by atoms with Gasteiger partial charge in [-0.25, -0.2) is 9.59 Å². The summed E-state index contributed by atoms with van der Waals surface area (Å²) < 4.78 is 1.24. The normalized spacial score (nSPS) is 10.6. The standard InChI is InChI=1S/C24H28N6O4/c1-4-29(14-19(31)27-23(33)26-18-12-8-9-15(2)16(18)3)20-21(25)30(24(34)28-22(20)32)13-17-10-6-5-7-11-17/h5-12H,4,13-14,25H2,1-3H3,(H,28,32,34)(H2,26,27,31,33). The Kier molecular flexibility index (Phi) is 7.52. The number of hydrogen-bond donors (Lipinski definition) is 4. The van der Waals surface area contributed by atoms with E-state index in [4.69, 9.17) is 5.73 Å². The number of anilines is 3. The second-order valence-electron chi connectivity index (χ2n) is 7.83. The van der Waals surface area contributed by atoms with E-state index in [0.29, 0.717) is 5.69 Å². The van der Waals surface area contributed by atoms with Crippen LogP contribution in [0.2, 0.25) is 0 Å². The minimum atomic E-state index is -0.707. The van der Waals surface area contributed by atoms with Gasteiger partial charge in [-0.05, 0) is 43.5 Å². The van der Waals surface area contributed by atoms with Crippen molar-refractivity contribution in [2.45, 2.75) is 27.3 Å². The van der Waals surface area contributed by atoms with Gasteiger partial charge in [-0.2, -0.15) is 0 Å². The number of H-pyrrole nitrogens is 1. The number of carbonyl (C=O) groups excluding carboxylic acids is 2. The molecule has 3 amide bonds. The van der Waals surface area contributed by atoms with Gasteiger partial charge in [-0.15, -0.1) is 0 Å². The van der Waals surface area contributed by atoms with Gasteiger partial charge in [-0.3, -0.25) is 24.5 Å². The molecule has 0 spiro atoms. The molecule has 0 saturated heterocycles. The number of rotatable bonds is 7. The van der Waals surface area contributed by atoms with E-state index in [-0.39, 0.29) is 31.1 Å². The number of likely N-dealkylation sites (N-methyl/N-ethyl adjacent to an activating group) is 1. The number of nitrogen functional groups attached to an aromatic ring is 1. The van der Waals surface area contributed by atoms with Gasteiger partial charge in [-0.1, -0.05) is 42.5 Å². The summed E-state index contributed by atoms with van der Waals surface area (Å²) in [6, 6.07) is 13.9. The quantitative estimate of drug-likeness (QED) is 0.421. The van der Waals surface area contributed by atoms with Crippen molar-refractivity contribution in [3.8, 4) is 0 Å². The lowest BCUT2D eigenvalue weighted by Crippen LogP contribution is -2.45.